The summed E-state index contributed by atoms with van der Waals surface area (Å²) < 4.78 is 7.38. The minimum absolute atomic E-state index is 0.849. The summed E-state index contributed by atoms with van der Waals surface area (Å²) in [6.07, 6.45) is 2.10. The average Bonchev–Trinajstić information content (AvgIpc) is 3.14. The van der Waals surface area contributed by atoms with E-state index in [0.717, 1.165) is 38.8 Å². The second-order valence-electron chi connectivity index (χ2n) is 6.57. The van der Waals surface area contributed by atoms with Crippen molar-refractivity contribution >= 4 is 11.8 Å². The van der Waals surface area contributed by atoms with Crippen molar-refractivity contribution in [2.45, 2.75) is 11.9 Å². The van der Waals surface area contributed by atoms with Crippen molar-refractivity contribution in [1.29, 1.82) is 0 Å². The molecular weight excluding hydrogens is 364 g/mol. The van der Waals surface area contributed by atoms with Gasteiger partial charge in [0.05, 0.1) is 12.8 Å². The van der Waals surface area contributed by atoms with E-state index in [1.54, 1.807) is 18.9 Å². The van der Waals surface area contributed by atoms with Gasteiger partial charge in [-0.15, -0.1) is 11.8 Å². The third-order valence-corrected chi connectivity index (χ3v) is 5.50. The Bertz CT molecular complexity index is 1070. The van der Waals surface area contributed by atoms with Crippen molar-refractivity contribution in [2.75, 3.05) is 13.4 Å². The molecule has 4 heteroatoms. The Labute approximate surface area is 170 Å². The first-order valence-electron chi connectivity index (χ1n) is 9.15. The molecule has 0 atom stereocenters. The molecule has 28 heavy (non-hydrogen) atoms. The average molecular weight is 387 g/mol. The maximum Gasteiger partial charge on any atom is 0.118 e. The molecule has 0 aliphatic rings. The van der Waals surface area contributed by atoms with Crippen LogP contribution in [-0.2, 0) is 0 Å². The van der Waals surface area contributed by atoms with Crippen LogP contribution in [0.3, 0.4) is 0 Å². The monoisotopic (exact) mass is 386 g/mol. The molecular formula is C24H22N2OS. The smallest absolute Gasteiger partial charge is 0.118 e. The third-order valence-electron chi connectivity index (χ3n) is 4.74. The molecule has 0 spiro atoms. The molecule has 0 aliphatic heterocycles. The van der Waals surface area contributed by atoms with Crippen molar-refractivity contribution in [3.8, 4) is 33.8 Å². The predicted octanol–water partition coefficient (Wildman–Crippen LogP) is 6.25. The SMILES string of the molecule is COc1ccc(-c2c(-c3ccc(C)cc3)nn(-c3ccccc3)c2SC)cc1. The minimum Gasteiger partial charge on any atom is -0.497 e. The van der Waals surface area contributed by atoms with Gasteiger partial charge in [-0.1, -0.05) is 60.2 Å². The normalized spacial score (nSPS) is 10.8. The number of hydrogen-bond acceptors (Lipinski definition) is 3. The van der Waals surface area contributed by atoms with Crippen LogP contribution in [0.1, 0.15) is 5.56 Å². The number of rotatable bonds is 5. The summed E-state index contributed by atoms with van der Waals surface area (Å²) in [7, 11) is 1.69. The van der Waals surface area contributed by atoms with E-state index in [4.69, 9.17) is 9.84 Å². The summed E-state index contributed by atoms with van der Waals surface area (Å²) >= 11 is 1.71. The fourth-order valence-corrected chi connectivity index (χ4v) is 4.00. The number of hydrogen-bond donors (Lipinski definition) is 0. The van der Waals surface area contributed by atoms with E-state index < -0.39 is 0 Å². The summed E-state index contributed by atoms with van der Waals surface area (Å²) in [6, 6.07) is 27.0. The fourth-order valence-electron chi connectivity index (χ4n) is 3.27. The number of ether oxygens (including phenoxy) is 1. The zero-order valence-electron chi connectivity index (χ0n) is 16.2. The maximum absolute atomic E-state index is 5.34. The van der Waals surface area contributed by atoms with Crippen LogP contribution in [0.15, 0.2) is 83.9 Å². The van der Waals surface area contributed by atoms with Gasteiger partial charge in [0.25, 0.3) is 0 Å². The number of aryl methyl sites for hydroxylation is 1. The van der Waals surface area contributed by atoms with E-state index in [2.05, 4.69) is 61.7 Å². The highest BCUT2D eigenvalue weighted by atomic mass is 32.2. The molecule has 4 rings (SSSR count). The van der Waals surface area contributed by atoms with E-state index in [-0.39, 0.29) is 0 Å². The minimum atomic E-state index is 0.849. The van der Waals surface area contributed by atoms with Crippen LogP contribution in [-0.4, -0.2) is 23.1 Å². The van der Waals surface area contributed by atoms with Gasteiger partial charge in [0.2, 0.25) is 0 Å². The number of aromatic nitrogens is 2. The van der Waals surface area contributed by atoms with Crippen molar-refractivity contribution in [1.82, 2.24) is 9.78 Å². The largest absolute Gasteiger partial charge is 0.497 e. The molecule has 140 valence electrons. The maximum atomic E-state index is 5.34. The zero-order valence-corrected chi connectivity index (χ0v) is 17.0. The van der Waals surface area contributed by atoms with Crippen LogP contribution >= 0.6 is 11.8 Å². The highest BCUT2D eigenvalue weighted by Gasteiger charge is 2.21. The van der Waals surface area contributed by atoms with E-state index >= 15 is 0 Å². The van der Waals surface area contributed by atoms with Crippen molar-refractivity contribution in [3.63, 3.8) is 0 Å². The topological polar surface area (TPSA) is 27.1 Å². The van der Waals surface area contributed by atoms with Gasteiger partial charge in [-0.25, -0.2) is 4.68 Å². The van der Waals surface area contributed by atoms with Crippen LogP contribution < -0.4 is 4.74 Å². The lowest BCUT2D eigenvalue weighted by atomic mass is 10.0. The summed E-state index contributed by atoms with van der Waals surface area (Å²) in [4.78, 5) is 0. The van der Waals surface area contributed by atoms with Crippen LogP contribution in [0.25, 0.3) is 28.1 Å². The summed E-state index contributed by atoms with van der Waals surface area (Å²) in [5.74, 6) is 0.849. The van der Waals surface area contributed by atoms with E-state index in [0.29, 0.717) is 0 Å². The first kappa shape index (κ1) is 18.4. The first-order valence-corrected chi connectivity index (χ1v) is 10.4. The molecule has 0 saturated heterocycles. The highest BCUT2D eigenvalue weighted by Crippen LogP contribution is 2.40. The molecule has 0 amide bonds. The molecule has 0 N–H and O–H groups in total. The molecule has 4 aromatic rings. The number of methoxy groups -OCH3 is 1. The summed E-state index contributed by atoms with van der Waals surface area (Å²) in [6.45, 7) is 2.10. The molecule has 0 aliphatic carbocycles. The molecule has 0 unspecified atom stereocenters. The Morgan fingerprint density at radius 3 is 2.07 bits per heavy atom. The Hall–Kier alpha value is -2.98. The Morgan fingerprint density at radius 2 is 1.46 bits per heavy atom. The lowest BCUT2D eigenvalue weighted by molar-refractivity contribution is 0.415. The summed E-state index contributed by atoms with van der Waals surface area (Å²) in [5.41, 5.74) is 6.66. The van der Waals surface area contributed by atoms with Gasteiger partial charge in [-0.05, 0) is 43.0 Å². The van der Waals surface area contributed by atoms with Crippen molar-refractivity contribution < 1.29 is 4.74 Å². The van der Waals surface area contributed by atoms with Gasteiger partial charge in [-0.2, -0.15) is 5.10 Å². The highest BCUT2D eigenvalue weighted by molar-refractivity contribution is 7.98. The van der Waals surface area contributed by atoms with Gasteiger partial charge < -0.3 is 4.74 Å². The van der Waals surface area contributed by atoms with Gasteiger partial charge in [0, 0.05) is 11.1 Å². The molecule has 1 heterocycles. The van der Waals surface area contributed by atoms with Gasteiger partial charge in [-0.3, -0.25) is 0 Å². The second-order valence-corrected chi connectivity index (χ2v) is 7.37. The van der Waals surface area contributed by atoms with Crippen LogP contribution in [0.5, 0.6) is 5.75 Å². The van der Waals surface area contributed by atoms with Gasteiger partial charge in [0.15, 0.2) is 0 Å². The number of benzene rings is 3. The van der Waals surface area contributed by atoms with E-state index in [1.807, 2.05) is 35.0 Å². The summed E-state index contributed by atoms with van der Waals surface area (Å²) in [5, 5.41) is 6.15. The van der Waals surface area contributed by atoms with E-state index in [9.17, 15) is 0 Å². The molecule has 1 aromatic heterocycles. The van der Waals surface area contributed by atoms with Crippen LogP contribution in [0.4, 0.5) is 0 Å². The Kier molecular flexibility index (Phi) is 5.22. The molecule has 0 saturated carbocycles. The predicted molar refractivity (Wildman–Crippen MR) is 118 cm³/mol. The van der Waals surface area contributed by atoms with Crippen molar-refractivity contribution in [3.05, 3.63) is 84.4 Å². The van der Waals surface area contributed by atoms with Crippen LogP contribution in [0, 0.1) is 6.92 Å². The molecule has 0 radical (unpaired) electrons. The molecule has 0 fully saturated rings. The second kappa shape index (κ2) is 7.95. The number of para-hydroxylation sites is 1. The molecule has 3 aromatic carbocycles. The lowest BCUT2D eigenvalue weighted by Gasteiger charge is -2.08. The van der Waals surface area contributed by atoms with Crippen LogP contribution in [0.2, 0.25) is 0 Å². The first-order chi connectivity index (χ1) is 13.7. The third kappa shape index (κ3) is 3.43. The quantitative estimate of drug-likeness (QED) is 0.380. The Balaban J connectivity index is 1.97. The fraction of sp³-hybridized carbons (Fsp3) is 0.125. The molecule has 0 bridgehead atoms. The zero-order chi connectivity index (χ0) is 19.5. The lowest BCUT2D eigenvalue weighted by Crippen LogP contribution is -1.97. The van der Waals surface area contributed by atoms with Crippen molar-refractivity contribution in [2.24, 2.45) is 0 Å². The van der Waals surface area contributed by atoms with Gasteiger partial charge >= 0.3 is 0 Å². The van der Waals surface area contributed by atoms with Gasteiger partial charge in [0.1, 0.15) is 16.5 Å². The number of thioether (sulfide) groups is 1. The molecule has 3 nitrogen and oxygen atoms in total. The Morgan fingerprint density at radius 1 is 0.821 bits per heavy atom. The number of nitrogens with zero attached hydrogens (tertiary/aromatic N) is 2. The van der Waals surface area contributed by atoms with E-state index in [1.165, 1.54) is 5.56 Å². The standard InChI is InChI=1S/C24H22N2OS/c1-17-9-11-19(12-10-17)23-22(18-13-15-21(27-2)16-14-18)24(28-3)26(25-23)20-7-5-4-6-8-20/h4-16H,1-3H3.